The summed E-state index contributed by atoms with van der Waals surface area (Å²) in [6.45, 7) is 2.53. The van der Waals surface area contributed by atoms with Crippen LogP contribution in [-0.2, 0) is 0 Å². The first-order chi connectivity index (χ1) is 9.18. The molecular formula is C15H16N2O2. The number of amides is 1. The Bertz CT molecular complexity index is 605. The van der Waals surface area contributed by atoms with Crippen molar-refractivity contribution in [2.75, 3.05) is 6.54 Å². The van der Waals surface area contributed by atoms with E-state index < -0.39 is 0 Å². The molecule has 1 atom stereocenters. The van der Waals surface area contributed by atoms with E-state index in [1.54, 1.807) is 6.07 Å². The highest BCUT2D eigenvalue weighted by atomic mass is 16.2. The van der Waals surface area contributed by atoms with Crippen molar-refractivity contribution in [2.45, 2.75) is 12.8 Å². The highest BCUT2D eigenvalue weighted by Gasteiger charge is 2.11. The van der Waals surface area contributed by atoms with Gasteiger partial charge in [-0.2, -0.15) is 0 Å². The molecule has 2 rings (SSSR count). The lowest BCUT2D eigenvalue weighted by Crippen LogP contribution is -2.31. The third-order valence-electron chi connectivity index (χ3n) is 3.00. The Labute approximate surface area is 111 Å². The van der Waals surface area contributed by atoms with Gasteiger partial charge in [-0.1, -0.05) is 37.3 Å². The molecule has 0 unspecified atom stereocenters. The summed E-state index contributed by atoms with van der Waals surface area (Å²) >= 11 is 0. The Kier molecular flexibility index (Phi) is 4.13. The molecule has 98 valence electrons. The fourth-order valence-electron chi connectivity index (χ4n) is 1.84. The smallest absolute Gasteiger partial charge is 0.260 e. The monoisotopic (exact) mass is 256 g/mol. The number of aromatic amines is 1. The first-order valence-electron chi connectivity index (χ1n) is 6.19. The zero-order valence-corrected chi connectivity index (χ0v) is 10.7. The Hall–Kier alpha value is -2.36. The fourth-order valence-corrected chi connectivity index (χ4v) is 1.84. The number of carbonyl (C=O) groups is 1. The first-order valence-corrected chi connectivity index (χ1v) is 6.19. The van der Waals surface area contributed by atoms with Crippen molar-refractivity contribution in [1.29, 1.82) is 0 Å². The van der Waals surface area contributed by atoms with Crippen LogP contribution >= 0.6 is 0 Å². The van der Waals surface area contributed by atoms with Crippen molar-refractivity contribution < 1.29 is 4.79 Å². The maximum absolute atomic E-state index is 11.9. The summed E-state index contributed by atoms with van der Waals surface area (Å²) in [5.41, 5.74) is 0.930. The molecule has 1 amide bonds. The molecule has 1 heterocycles. The second kappa shape index (κ2) is 6.00. The van der Waals surface area contributed by atoms with Crippen LogP contribution < -0.4 is 10.9 Å². The van der Waals surface area contributed by atoms with Gasteiger partial charge in [0.1, 0.15) is 5.56 Å². The fraction of sp³-hybridized carbons (Fsp3) is 0.200. The molecule has 0 saturated carbocycles. The summed E-state index contributed by atoms with van der Waals surface area (Å²) in [5.74, 6) is -0.141. The molecule has 0 bridgehead atoms. The minimum atomic E-state index is -0.368. The number of carbonyl (C=O) groups excluding carboxylic acids is 1. The number of aromatic nitrogens is 1. The molecule has 0 aliphatic heterocycles. The van der Waals surface area contributed by atoms with E-state index in [0.29, 0.717) is 6.54 Å². The topological polar surface area (TPSA) is 62.0 Å². The lowest BCUT2D eigenvalue weighted by Gasteiger charge is -2.12. The van der Waals surface area contributed by atoms with E-state index in [4.69, 9.17) is 0 Å². The zero-order chi connectivity index (χ0) is 13.7. The van der Waals surface area contributed by atoms with Crippen LogP contribution in [0.15, 0.2) is 53.5 Å². The van der Waals surface area contributed by atoms with E-state index >= 15 is 0 Å². The van der Waals surface area contributed by atoms with E-state index in [-0.39, 0.29) is 22.9 Å². The lowest BCUT2D eigenvalue weighted by molar-refractivity contribution is 0.0950. The van der Waals surface area contributed by atoms with E-state index in [1.807, 2.05) is 37.3 Å². The van der Waals surface area contributed by atoms with Gasteiger partial charge in [-0.25, -0.2) is 0 Å². The molecule has 4 nitrogen and oxygen atoms in total. The third-order valence-corrected chi connectivity index (χ3v) is 3.00. The van der Waals surface area contributed by atoms with Crippen molar-refractivity contribution in [2.24, 2.45) is 0 Å². The third kappa shape index (κ3) is 3.31. The molecule has 0 aliphatic carbocycles. The summed E-state index contributed by atoms with van der Waals surface area (Å²) in [5, 5.41) is 2.78. The molecule has 0 radical (unpaired) electrons. The van der Waals surface area contributed by atoms with Crippen molar-refractivity contribution >= 4 is 5.91 Å². The van der Waals surface area contributed by atoms with Gasteiger partial charge in [0.15, 0.2) is 0 Å². The van der Waals surface area contributed by atoms with Gasteiger partial charge in [-0.05, 0) is 23.6 Å². The highest BCUT2D eigenvalue weighted by Crippen LogP contribution is 2.12. The molecule has 1 aromatic carbocycles. The predicted molar refractivity (Wildman–Crippen MR) is 74.3 cm³/mol. The molecule has 1 aromatic heterocycles. The van der Waals surface area contributed by atoms with Gasteiger partial charge in [0.05, 0.1) is 0 Å². The summed E-state index contributed by atoms with van der Waals surface area (Å²) in [6.07, 6.45) is 1.51. The molecule has 0 fully saturated rings. The summed E-state index contributed by atoms with van der Waals surface area (Å²) in [7, 11) is 0. The lowest BCUT2D eigenvalue weighted by atomic mass is 10.0. The van der Waals surface area contributed by atoms with E-state index in [1.165, 1.54) is 12.3 Å². The minimum absolute atomic E-state index is 0.141. The molecule has 2 N–H and O–H groups in total. The molecule has 0 saturated heterocycles. The van der Waals surface area contributed by atoms with Crippen LogP contribution in [0.2, 0.25) is 0 Å². The number of benzene rings is 1. The van der Waals surface area contributed by atoms with Gasteiger partial charge < -0.3 is 10.3 Å². The van der Waals surface area contributed by atoms with Crippen LogP contribution in [0.3, 0.4) is 0 Å². The van der Waals surface area contributed by atoms with Crippen molar-refractivity contribution in [3.05, 3.63) is 70.1 Å². The average Bonchev–Trinajstić information content (AvgIpc) is 2.46. The van der Waals surface area contributed by atoms with E-state index in [9.17, 15) is 9.59 Å². The molecule has 0 spiro atoms. The maximum Gasteiger partial charge on any atom is 0.260 e. The van der Waals surface area contributed by atoms with E-state index in [2.05, 4.69) is 10.3 Å². The van der Waals surface area contributed by atoms with Crippen LogP contribution in [0.4, 0.5) is 0 Å². The van der Waals surface area contributed by atoms with Crippen LogP contribution in [0.25, 0.3) is 0 Å². The SMILES string of the molecule is C[C@H](CNC(=O)c1ccc[nH]c1=O)c1ccccc1. The zero-order valence-electron chi connectivity index (χ0n) is 10.7. The van der Waals surface area contributed by atoms with Gasteiger partial charge in [-0.3, -0.25) is 9.59 Å². The second-order valence-electron chi connectivity index (χ2n) is 4.43. The number of pyridine rings is 1. The van der Waals surface area contributed by atoms with Crippen LogP contribution in [0, 0.1) is 0 Å². The predicted octanol–water partition coefficient (Wildman–Crippen LogP) is 1.91. The Morgan fingerprint density at radius 3 is 2.63 bits per heavy atom. The Morgan fingerprint density at radius 1 is 1.21 bits per heavy atom. The largest absolute Gasteiger partial charge is 0.351 e. The van der Waals surface area contributed by atoms with Gasteiger partial charge in [-0.15, -0.1) is 0 Å². The molecule has 19 heavy (non-hydrogen) atoms. The number of nitrogens with one attached hydrogen (secondary N) is 2. The molecule has 4 heteroatoms. The van der Waals surface area contributed by atoms with Crippen molar-refractivity contribution in [3.8, 4) is 0 Å². The number of H-pyrrole nitrogens is 1. The van der Waals surface area contributed by atoms with Gasteiger partial charge >= 0.3 is 0 Å². The number of rotatable bonds is 4. The van der Waals surface area contributed by atoms with Gasteiger partial charge in [0, 0.05) is 12.7 Å². The van der Waals surface area contributed by atoms with Crippen molar-refractivity contribution in [1.82, 2.24) is 10.3 Å². The average molecular weight is 256 g/mol. The van der Waals surface area contributed by atoms with E-state index in [0.717, 1.165) is 5.56 Å². The van der Waals surface area contributed by atoms with Crippen LogP contribution in [0.5, 0.6) is 0 Å². The maximum atomic E-state index is 11.9. The molecular weight excluding hydrogens is 240 g/mol. The molecule has 2 aromatic rings. The summed E-state index contributed by atoms with van der Waals surface area (Å²) in [4.78, 5) is 25.8. The van der Waals surface area contributed by atoms with Crippen molar-refractivity contribution in [3.63, 3.8) is 0 Å². The Balaban J connectivity index is 1.98. The quantitative estimate of drug-likeness (QED) is 0.877. The standard InChI is InChI=1S/C15H16N2O2/c1-11(12-6-3-2-4-7-12)10-17-15(19)13-8-5-9-16-14(13)18/h2-9,11H,10H2,1H3,(H,16,18)(H,17,19)/t11-/m1/s1. The molecule has 0 aliphatic rings. The highest BCUT2D eigenvalue weighted by molar-refractivity contribution is 5.93. The summed E-state index contributed by atoms with van der Waals surface area (Å²) < 4.78 is 0. The van der Waals surface area contributed by atoms with Gasteiger partial charge in [0.2, 0.25) is 0 Å². The Morgan fingerprint density at radius 2 is 1.95 bits per heavy atom. The second-order valence-corrected chi connectivity index (χ2v) is 4.43. The minimum Gasteiger partial charge on any atom is -0.351 e. The first kappa shape index (κ1) is 13.1. The normalized spacial score (nSPS) is 11.8. The number of hydrogen-bond acceptors (Lipinski definition) is 2. The van der Waals surface area contributed by atoms with Crippen LogP contribution in [0.1, 0.15) is 28.8 Å². The van der Waals surface area contributed by atoms with Gasteiger partial charge in [0.25, 0.3) is 11.5 Å². The summed E-state index contributed by atoms with van der Waals surface area (Å²) in [6, 6.07) is 13.1. The number of hydrogen-bond donors (Lipinski definition) is 2. The van der Waals surface area contributed by atoms with Crippen LogP contribution in [-0.4, -0.2) is 17.4 Å².